The Hall–Kier alpha value is -0.980. The minimum Gasteiger partial charge on any atom is -0.371 e. The molecule has 0 N–H and O–H groups in total. The fraction of sp³-hybridized carbons (Fsp3) is 0.571. The SMILES string of the molecule is CCCN1CCCCCc2ccccc21. The third-order valence-corrected chi connectivity index (χ3v) is 3.20. The summed E-state index contributed by atoms with van der Waals surface area (Å²) in [6.07, 6.45) is 6.60. The Morgan fingerprint density at radius 3 is 2.87 bits per heavy atom. The first kappa shape index (κ1) is 10.5. The molecule has 1 aromatic carbocycles. The predicted molar refractivity (Wildman–Crippen MR) is 66.5 cm³/mol. The van der Waals surface area contributed by atoms with Crippen LogP contribution in [0.15, 0.2) is 24.3 Å². The van der Waals surface area contributed by atoms with Gasteiger partial charge in [0.05, 0.1) is 0 Å². The third kappa shape index (κ3) is 2.53. The summed E-state index contributed by atoms with van der Waals surface area (Å²) in [5, 5.41) is 0. The van der Waals surface area contributed by atoms with Crippen LogP contribution < -0.4 is 4.90 Å². The molecule has 1 aliphatic heterocycles. The highest BCUT2D eigenvalue weighted by molar-refractivity contribution is 5.53. The summed E-state index contributed by atoms with van der Waals surface area (Å²) < 4.78 is 0. The molecule has 0 atom stereocenters. The Bertz CT molecular complexity index is 306. The van der Waals surface area contributed by atoms with Crippen molar-refractivity contribution in [3.8, 4) is 0 Å². The van der Waals surface area contributed by atoms with Crippen molar-refractivity contribution in [1.82, 2.24) is 0 Å². The van der Waals surface area contributed by atoms with Crippen LogP contribution in [0.1, 0.15) is 38.2 Å². The smallest absolute Gasteiger partial charge is 0.0398 e. The van der Waals surface area contributed by atoms with Crippen molar-refractivity contribution in [3.63, 3.8) is 0 Å². The van der Waals surface area contributed by atoms with E-state index in [4.69, 9.17) is 0 Å². The summed E-state index contributed by atoms with van der Waals surface area (Å²) in [4.78, 5) is 2.56. The molecule has 1 aromatic rings. The molecule has 0 aliphatic carbocycles. The van der Waals surface area contributed by atoms with Gasteiger partial charge in [0.25, 0.3) is 0 Å². The fourth-order valence-corrected chi connectivity index (χ4v) is 2.45. The average molecular weight is 203 g/mol. The van der Waals surface area contributed by atoms with Gasteiger partial charge in [-0.05, 0) is 37.3 Å². The number of aryl methyl sites for hydroxylation is 1. The first-order valence-corrected chi connectivity index (χ1v) is 6.24. The third-order valence-electron chi connectivity index (χ3n) is 3.20. The van der Waals surface area contributed by atoms with Crippen LogP contribution in [0.2, 0.25) is 0 Å². The van der Waals surface area contributed by atoms with E-state index in [0.717, 1.165) is 0 Å². The van der Waals surface area contributed by atoms with E-state index >= 15 is 0 Å². The highest BCUT2D eigenvalue weighted by atomic mass is 15.1. The van der Waals surface area contributed by atoms with Crippen LogP contribution in [0.25, 0.3) is 0 Å². The molecule has 0 bridgehead atoms. The van der Waals surface area contributed by atoms with Gasteiger partial charge in [0.15, 0.2) is 0 Å². The predicted octanol–water partition coefficient (Wildman–Crippen LogP) is 3.63. The first-order valence-electron chi connectivity index (χ1n) is 6.24. The van der Waals surface area contributed by atoms with Crippen LogP contribution in [0, 0.1) is 0 Å². The Labute approximate surface area is 93.1 Å². The Kier molecular flexibility index (Phi) is 3.65. The second-order valence-corrected chi connectivity index (χ2v) is 4.43. The van der Waals surface area contributed by atoms with Gasteiger partial charge in [0.2, 0.25) is 0 Å². The minimum absolute atomic E-state index is 1.21. The van der Waals surface area contributed by atoms with Gasteiger partial charge in [-0.15, -0.1) is 0 Å². The number of fused-ring (bicyclic) bond motifs is 1. The number of anilines is 1. The Morgan fingerprint density at radius 2 is 2.00 bits per heavy atom. The maximum Gasteiger partial charge on any atom is 0.0398 e. The maximum atomic E-state index is 2.56. The van der Waals surface area contributed by atoms with Crippen LogP contribution in [0.4, 0.5) is 5.69 Å². The minimum atomic E-state index is 1.21. The summed E-state index contributed by atoms with van der Waals surface area (Å²) in [6, 6.07) is 8.92. The van der Waals surface area contributed by atoms with Crippen molar-refractivity contribution in [2.75, 3.05) is 18.0 Å². The lowest BCUT2D eigenvalue weighted by Crippen LogP contribution is -2.27. The van der Waals surface area contributed by atoms with E-state index in [0.29, 0.717) is 0 Å². The maximum absolute atomic E-state index is 2.56. The Balaban J connectivity index is 2.25. The second kappa shape index (κ2) is 5.20. The zero-order valence-corrected chi connectivity index (χ0v) is 9.71. The molecule has 1 aliphatic rings. The number of benzene rings is 1. The van der Waals surface area contributed by atoms with Crippen LogP contribution in [-0.4, -0.2) is 13.1 Å². The molecular weight excluding hydrogens is 182 g/mol. The summed E-state index contributed by atoms with van der Waals surface area (Å²) in [6.45, 7) is 4.71. The number of para-hydroxylation sites is 1. The van der Waals surface area contributed by atoms with Gasteiger partial charge in [-0.25, -0.2) is 0 Å². The molecule has 1 heterocycles. The van der Waals surface area contributed by atoms with Crippen molar-refractivity contribution in [1.29, 1.82) is 0 Å². The largest absolute Gasteiger partial charge is 0.371 e. The molecule has 0 fully saturated rings. The van der Waals surface area contributed by atoms with Crippen molar-refractivity contribution < 1.29 is 0 Å². The monoisotopic (exact) mass is 203 g/mol. The molecule has 0 spiro atoms. The molecule has 0 saturated carbocycles. The van der Waals surface area contributed by atoms with E-state index in [-0.39, 0.29) is 0 Å². The summed E-state index contributed by atoms with van der Waals surface area (Å²) in [5.74, 6) is 0. The van der Waals surface area contributed by atoms with E-state index in [9.17, 15) is 0 Å². The molecule has 1 heteroatoms. The molecule has 0 amide bonds. The summed E-state index contributed by atoms with van der Waals surface area (Å²) in [5.41, 5.74) is 3.03. The quantitative estimate of drug-likeness (QED) is 0.709. The zero-order valence-electron chi connectivity index (χ0n) is 9.71. The van der Waals surface area contributed by atoms with Gasteiger partial charge in [-0.1, -0.05) is 31.5 Å². The van der Waals surface area contributed by atoms with Crippen LogP contribution in [0.5, 0.6) is 0 Å². The molecule has 0 unspecified atom stereocenters. The fourth-order valence-electron chi connectivity index (χ4n) is 2.45. The number of rotatable bonds is 2. The highest BCUT2D eigenvalue weighted by Gasteiger charge is 2.12. The van der Waals surface area contributed by atoms with Crippen molar-refractivity contribution in [2.24, 2.45) is 0 Å². The van der Waals surface area contributed by atoms with Gasteiger partial charge in [-0.3, -0.25) is 0 Å². The molecule has 82 valence electrons. The molecule has 1 nitrogen and oxygen atoms in total. The molecule has 0 aromatic heterocycles. The Morgan fingerprint density at radius 1 is 1.13 bits per heavy atom. The van der Waals surface area contributed by atoms with Crippen molar-refractivity contribution >= 4 is 5.69 Å². The molecule has 0 saturated heterocycles. The lowest BCUT2D eigenvalue weighted by molar-refractivity contribution is 0.626. The molecule has 2 rings (SSSR count). The van der Waals surface area contributed by atoms with Gasteiger partial charge in [0, 0.05) is 18.8 Å². The lowest BCUT2D eigenvalue weighted by Gasteiger charge is -2.28. The van der Waals surface area contributed by atoms with E-state index < -0.39 is 0 Å². The molecular formula is C14H21N. The van der Waals surface area contributed by atoms with E-state index in [1.54, 1.807) is 5.56 Å². The lowest BCUT2D eigenvalue weighted by atomic mass is 10.0. The van der Waals surface area contributed by atoms with E-state index in [1.807, 2.05) is 0 Å². The van der Waals surface area contributed by atoms with Crippen molar-refractivity contribution in [3.05, 3.63) is 29.8 Å². The second-order valence-electron chi connectivity index (χ2n) is 4.43. The molecule has 0 radical (unpaired) electrons. The van der Waals surface area contributed by atoms with Crippen LogP contribution in [0.3, 0.4) is 0 Å². The van der Waals surface area contributed by atoms with Crippen LogP contribution >= 0.6 is 0 Å². The first-order chi connectivity index (χ1) is 7.42. The van der Waals surface area contributed by atoms with Gasteiger partial charge in [0.1, 0.15) is 0 Å². The van der Waals surface area contributed by atoms with E-state index in [2.05, 4.69) is 36.1 Å². The standard InChI is InChI=1S/C14H21N/c1-2-11-15-12-7-3-4-8-13-9-5-6-10-14(13)15/h5-6,9-10H,2-4,7-8,11-12H2,1H3. The normalized spacial score (nSPS) is 16.7. The number of hydrogen-bond donors (Lipinski definition) is 0. The summed E-state index contributed by atoms with van der Waals surface area (Å²) >= 11 is 0. The van der Waals surface area contributed by atoms with Gasteiger partial charge >= 0.3 is 0 Å². The average Bonchev–Trinajstić information content (AvgIpc) is 2.24. The topological polar surface area (TPSA) is 3.24 Å². The number of hydrogen-bond acceptors (Lipinski definition) is 1. The van der Waals surface area contributed by atoms with Crippen molar-refractivity contribution in [2.45, 2.75) is 39.0 Å². The van der Waals surface area contributed by atoms with E-state index in [1.165, 1.54) is 50.9 Å². The number of nitrogens with zero attached hydrogens (tertiary/aromatic N) is 1. The van der Waals surface area contributed by atoms with Gasteiger partial charge < -0.3 is 4.90 Å². The van der Waals surface area contributed by atoms with Crippen LogP contribution in [-0.2, 0) is 6.42 Å². The summed E-state index contributed by atoms with van der Waals surface area (Å²) in [7, 11) is 0. The van der Waals surface area contributed by atoms with Gasteiger partial charge in [-0.2, -0.15) is 0 Å². The molecule has 15 heavy (non-hydrogen) atoms. The highest BCUT2D eigenvalue weighted by Crippen LogP contribution is 2.25. The zero-order chi connectivity index (χ0) is 10.5.